The summed E-state index contributed by atoms with van der Waals surface area (Å²) in [5.74, 6) is -1.06. The standard InChI is InChI=1S/C29H48O4/c1-6-7-8-9-10-11-12-13-14-17-24(21-20-23(2)22-29(3,4)5)33-28(32)26-19-16-15-18-25(26)27(30)31/h15-16,18-19,23-24H,6-14,17,20-22H2,1-5H3,(H,30,31). The molecule has 0 aromatic heterocycles. The van der Waals surface area contributed by atoms with E-state index in [0.29, 0.717) is 5.92 Å². The Balaban J connectivity index is 2.60. The highest BCUT2D eigenvalue weighted by Gasteiger charge is 2.22. The summed E-state index contributed by atoms with van der Waals surface area (Å²) < 4.78 is 5.88. The van der Waals surface area contributed by atoms with Gasteiger partial charge in [0.1, 0.15) is 6.10 Å². The van der Waals surface area contributed by atoms with Crippen molar-refractivity contribution in [2.45, 2.75) is 124 Å². The molecule has 0 aliphatic rings. The fraction of sp³-hybridized carbons (Fsp3) is 0.724. The largest absolute Gasteiger partial charge is 0.478 e. The molecular formula is C29H48O4. The van der Waals surface area contributed by atoms with Gasteiger partial charge in [-0.15, -0.1) is 0 Å². The number of carbonyl (C=O) groups is 2. The number of carboxylic acid groups (broad SMARTS) is 1. The Labute approximate surface area is 202 Å². The molecular weight excluding hydrogens is 412 g/mol. The van der Waals surface area contributed by atoms with Crippen LogP contribution >= 0.6 is 0 Å². The molecule has 0 amide bonds. The second-order valence-electron chi connectivity index (χ2n) is 10.9. The molecule has 0 fully saturated rings. The lowest BCUT2D eigenvalue weighted by atomic mass is 9.83. The summed E-state index contributed by atoms with van der Waals surface area (Å²) in [6.07, 6.45) is 15.0. The third-order valence-corrected chi connectivity index (χ3v) is 6.22. The van der Waals surface area contributed by atoms with Crippen LogP contribution in [0.15, 0.2) is 24.3 Å². The lowest BCUT2D eigenvalue weighted by Crippen LogP contribution is -2.22. The Bertz CT molecular complexity index is 689. The van der Waals surface area contributed by atoms with Crippen LogP contribution in [0.2, 0.25) is 0 Å². The van der Waals surface area contributed by atoms with Crippen LogP contribution in [-0.2, 0) is 4.74 Å². The predicted molar refractivity (Wildman–Crippen MR) is 137 cm³/mol. The molecule has 33 heavy (non-hydrogen) atoms. The predicted octanol–water partition coefficient (Wildman–Crippen LogP) is 8.68. The smallest absolute Gasteiger partial charge is 0.339 e. The van der Waals surface area contributed by atoms with Gasteiger partial charge >= 0.3 is 11.9 Å². The number of carbonyl (C=O) groups excluding carboxylic acids is 1. The average molecular weight is 461 g/mol. The fourth-order valence-electron chi connectivity index (χ4n) is 4.63. The Morgan fingerprint density at radius 3 is 1.94 bits per heavy atom. The van der Waals surface area contributed by atoms with E-state index in [1.165, 1.54) is 51.0 Å². The first-order valence-corrected chi connectivity index (χ1v) is 13.2. The summed E-state index contributed by atoms with van der Waals surface area (Å²) in [6, 6.07) is 6.32. The third kappa shape index (κ3) is 13.5. The summed E-state index contributed by atoms with van der Waals surface area (Å²) in [4.78, 5) is 24.3. The highest BCUT2D eigenvalue weighted by Crippen LogP contribution is 2.28. The van der Waals surface area contributed by atoms with E-state index in [4.69, 9.17) is 4.74 Å². The molecule has 4 nitrogen and oxygen atoms in total. The van der Waals surface area contributed by atoms with E-state index in [0.717, 1.165) is 38.5 Å². The second kappa shape index (κ2) is 15.9. The summed E-state index contributed by atoms with van der Waals surface area (Å²) in [7, 11) is 0. The first-order chi connectivity index (χ1) is 15.6. The molecule has 1 aromatic rings. The van der Waals surface area contributed by atoms with Crippen LogP contribution in [0, 0.1) is 11.3 Å². The molecule has 0 saturated heterocycles. The minimum Gasteiger partial charge on any atom is -0.478 e. The zero-order valence-corrected chi connectivity index (χ0v) is 21.8. The van der Waals surface area contributed by atoms with Crippen molar-refractivity contribution < 1.29 is 19.4 Å². The molecule has 1 aromatic carbocycles. The van der Waals surface area contributed by atoms with Crippen molar-refractivity contribution in [3.63, 3.8) is 0 Å². The van der Waals surface area contributed by atoms with Crippen LogP contribution < -0.4 is 0 Å². The van der Waals surface area contributed by atoms with Gasteiger partial charge in [0.15, 0.2) is 0 Å². The van der Waals surface area contributed by atoms with Gasteiger partial charge in [-0.05, 0) is 55.6 Å². The van der Waals surface area contributed by atoms with Crippen LogP contribution in [0.4, 0.5) is 0 Å². The Hall–Kier alpha value is -1.84. The third-order valence-electron chi connectivity index (χ3n) is 6.22. The summed E-state index contributed by atoms with van der Waals surface area (Å²) >= 11 is 0. The number of rotatable bonds is 17. The molecule has 0 aliphatic heterocycles. The first kappa shape index (κ1) is 29.2. The number of hydrogen-bond acceptors (Lipinski definition) is 3. The van der Waals surface area contributed by atoms with E-state index >= 15 is 0 Å². The maximum Gasteiger partial charge on any atom is 0.339 e. The molecule has 1 rings (SSSR count). The zero-order chi connectivity index (χ0) is 24.7. The van der Waals surface area contributed by atoms with E-state index in [9.17, 15) is 14.7 Å². The van der Waals surface area contributed by atoms with Gasteiger partial charge in [-0.2, -0.15) is 0 Å². The summed E-state index contributed by atoms with van der Waals surface area (Å²) in [5.41, 5.74) is 0.429. The zero-order valence-electron chi connectivity index (χ0n) is 21.8. The van der Waals surface area contributed by atoms with Gasteiger partial charge in [0.05, 0.1) is 11.1 Å². The highest BCUT2D eigenvalue weighted by molar-refractivity contribution is 6.02. The van der Waals surface area contributed by atoms with Crippen molar-refractivity contribution >= 4 is 11.9 Å². The number of aromatic carboxylic acids is 1. The first-order valence-electron chi connectivity index (χ1n) is 13.2. The van der Waals surface area contributed by atoms with Crippen molar-refractivity contribution in [2.24, 2.45) is 11.3 Å². The SMILES string of the molecule is CCCCCCCCCCCC(CCC(C)CC(C)(C)C)OC(=O)c1ccccc1C(=O)O. The Morgan fingerprint density at radius 2 is 1.39 bits per heavy atom. The van der Waals surface area contributed by atoms with E-state index in [-0.39, 0.29) is 22.6 Å². The van der Waals surface area contributed by atoms with Gasteiger partial charge in [-0.25, -0.2) is 9.59 Å². The van der Waals surface area contributed by atoms with E-state index in [1.54, 1.807) is 18.2 Å². The Morgan fingerprint density at radius 1 is 0.848 bits per heavy atom. The number of unbranched alkanes of at least 4 members (excludes halogenated alkanes) is 8. The van der Waals surface area contributed by atoms with Gasteiger partial charge in [-0.1, -0.05) is 98.1 Å². The van der Waals surface area contributed by atoms with E-state index < -0.39 is 11.9 Å². The maximum absolute atomic E-state index is 12.8. The Kier molecular flexibility index (Phi) is 14.1. The average Bonchev–Trinajstić information content (AvgIpc) is 2.74. The lowest BCUT2D eigenvalue weighted by molar-refractivity contribution is 0.0231. The monoisotopic (exact) mass is 460 g/mol. The van der Waals surface area contributed by atoms with Gasteiger partial charge in [-0.3, -0.25) is 0 Å². The van der Waals surface area contributed by atoms with Crippen LogP contribution in [0.1, 0.15) is 139 Å². The van der Waals surface area contributed by atoms with Crippen molar-refractivity contribution in [3.8, 4) is 0 Å². The molecule has 0 heterocycles. The van der Waals surface area contributed by atoms with Gasteiger partial charge in [0.2, 0.25) is 0 Å². The van der Waals surface area contributed by atoms with Crippen LogP contribution in [0.3, 0.4) is 0 Å². The number of hydrogen-bond donors (Lipinski definition) is 1. The van der Waals surface area contributed by atoms with E-state index in [1.807, 2.05) is 0 Å². The van der Waals surface area contributed by atoms with Crippen molar-refractivity contribution in [3.05, 3.63) is 35.4 Å². The molecule has 188 valence electrons. The van der Waals surface area contributed by atoms with Crippen LogP contribution in [0.25, 0.3) is 0 Å². The molecule has 1 N–H and O–H groups in total. The number of esters is 1. The molecule has 2 unspecified atom stereocenters. The number of benzene rings is 1. The molecule has 4 heteroatoms. The lowest BCUT2D eigenvalue weighted by Gasteiger charge is -2.25. The topological polar surface area (TPSA) is 63.6 Å². The van der Waals surface area contributed by atoms with Crippen molar-refractivity contribution in [2.75, 3.05) is 0 Å². The van der Waals surface area contributed by atoms with E-state index in [2.05, 4.69) is 34.6 Å². The van der Waals surface area contributed by atoms with Crippen molar-refractivity contribution in [1.29, 1.82) is 0 Å². The fourth-order valence-corrected chi connectivity index (χ4v) is 4.63. The van der Waals surface area contributed by atoms with Gasteiger partial charge in [0.25, 0.3) is 0 Å². The summed E-state index contributed by atoms with van der Waals surface area (Å²) in [5, 5.41) is 9.42. The quantitative estimate of drug-likeness (QED) is 0.186. The minimum atomic E-state index is -1.10. The molecule has 0 bridgehead atoms. The van der Waals surface area contributed by atoms with Gasteiger partial charge < -0.3 is 9.84 Å². The maximum atomic E-state index is 12.8. The summed E-state index contributed by atoms with van der Waals surface area (Å²) in [6.45, 7) is 11.3. The van der Waals surface area contributed by atoms with Crippen molar-refractivity contribution in [1.82, 2.24) is 0 Å². The van der Waals surface area contributed by atoms with Crippen LogP contribution in [0.5, 0.6) is 0 Å². The molecule has 0 saturated carbocycles. The minimum absolute atomic E-state index is 0.00502. The normalized spacial score (nSPS) is 13.5. The highest BCUT2D eigenvalue weighted by atomic mass is 16.5. The molecule has 2 atom stereocenters. The van der Waals surface area contributed by atoms with Crippen LogP contribution in [-0.4, -0.2) is 23.1 Å². The number of carboxylic acids is 1. The molecule has 0 radical (unpaired) electrons. The molecule has 0 aliphatic carbocycles. The second-order valence-corrected chi connectivity index (χ2v) is 10.9. The number of ether oxygens (including phenoxy) is 1. The van der Waals surface area contributed by atoms with Gasteiger partial charge in [0, 0.05) is 0 Å². The molecule has 0 spiro atoms.